The van der Waals surface area contributed by atoms with Crippen LogP contribution in [0.15, 0.2) is 54.7 Å². The number of aryl methyl sites for hydroxylation is 2. The van der Waals surface area contributed by atoms with Crippen molar-refractivity contribution in [2.45, 2.75) is 20.4 Å². The minimum absolute atomic E-state index is 0.144. The fourth-order valence-corrected chi connectivity index (χ4v) is 3.67. The van der Waals surface area contributed by atoms with E-state index >= 15 is 0 Å². The lowest BCUT2D eigenvalue weighted by Gasteiger charge is -2.11. The van der Waals surface area contributed by atoms with Gasteiger partial charge in [-0.05, 0) is 49.7 Å². The Kier molecular flexibility index (Phi) is 4.13. The molecule has 0 spiro atoms. The van der Waals surface area contributed by atoms with E-state index in [1.807, 2.05) is 66.9 Å². The summed E-state index contributed by atoms with van der Waals surface area (Å²) in [4.78, 5) is 17.5. The van der Waals surface area contributed by atoms with E-state index in [0.29, 0.717) is 22.9 Å². The summed E-state index contributed by atoms with van der Waals surface area (Å²) in [6, 6.07) is 15.4. The van der Waals surface area contributed by atoms with Crippen LogP contribution in [0.25, 0.3) is 21.8 Å². The zero-order valence-electron chi connectivity index (χ0n) is 14.6. The molecule has 1 amide bonds. The van der Waals surface area contributed by atoms with Gasteiger partial charge in [0.25, 0.3) is 5.91 Å². The first-order valence-electron chi connectivity index (χ1n) is 8.53. The number of halogens is 1. The third-order valence-electron chi connectivity index (χ3n) is 4.69. The van der Waals surface area contributed by atoms with E-state index in [9.17, 15) is 4.79 Å². The normalized spacial score (nSPS) is 11.2. The molecule has 2 aromatic carbocycles. The van der Waals surface area contributed by atoms with E-state index in [1.54, 1.807) is 6.20 Å². The molecule has 26 heavy (non-hydrogen) atoms. The lowest BCUT2D eigenvalue weighted by atomic mass is 10.1. The third kappa shape index (κ3) is 2.63. The van der Waals surface area contributed by atoms with Crippen molar-refractivity contribution in [3.8, 4) is 0 Å². The second-order valence-electron chi connectivity index (χ2n) is 6.21. The second-order valence-corrected chi connectivity index (χ2v) is 6.65. The van der Waals surface area contributed by atoms with Crippen LogP contribution in [0.2, 0.25) is 5.02 Å². The lowest BCUT2D eigenvalue weighted by molar-refractivity contribution is 0.101. The monoisotopic (exact) mass is 363 g/mol. The second kappa shape index (κ2) is 6.46. The smallest absolute Gasteiger partial charge is 0.272 e. The summed E-state index contributed by atoms with van der Waals surface area (Å²) in [5.74, 6) is -0.144. The van der Waals surface area contributed by atoms with Gasteiger partial charge in [0.2, 0.25) is 0 Å². The van der Waals surface area contributed by atoms with Crippen molar-refractivity contribution >= 4 is 45.0 Å². The summed E-state index contributed by atoms with van der Waals surface area (Å²) >= 11 is 6.15. The van der Waals surface area contributed by atoms with Gasteiger partial charge in [-0.3, -0.25) is 9.78 Å². The highest BCUT2D eigenvalue weighted by atomic mass is 35.5. The van der Waals surface area contributed by atoms with Crippen LogP contribution in [0, 0.1) is 6.92 Å². The van der Waals surface area contributed by atoms with Crippen LogP contribution in [0.5, 0.6) is 0 Å². The number of amides is 1. The molecule has 0 atom stereocenters. The van der Waals surface area contributed by atoms with Crippen LogP contribution < -0.4 is 5.32 Å². The predicted molar refractivity (Wildman–Crippen MR) is 107 cm³/mol. The van der Waals surface area contributed by atoms with E-state index in [0.717, 1.165) is 27.4 Å². The number of fused-ring (bicyclic) bond motifs is 2. The average molecular weight is 364 g/mol. The van der Waals surface area contributed by atoms with Crippen molar-refractivity contribution in [3.05, 3.63) is 71.0 Å². The number of aromatic nitrogens is 2. The Morgan fingerprint density at radius 1 is 1.19 bits per heavy atom. The summed E-state index contributed by atoms with van der Waals surface area (Å²) in [5.41, 5.74) is 4.07. The number of carbonyl (C=O) groups is 1. The first kappa shape index (κ1) is 16.6. The molecule has 0 fully saturated rings. The molecule has 0 saturated carbocycles. The summed E-state index contributed by atoms with van der Waals surface area (Å²) in [6.07, 6.45) is 1.73. The van der Waals surface area contributed by atoms with Gasteiger partial charge >= 0.3 is 0 Å². The molecule has 130 valence electrons. The Morgan fingerprint density at radius 2 is 2.00 bits per heavy atom. The molecule has 5 heteroatoms. The van der Waals surface area contributed by atoms with Gasteiger partial charge in [-0.15, -0.1) is 0 Å². The minimum Gasteiger partial charge on any atom is -0.337 e. The van der Waals surface area contributed by atoms with Gasteiger partial charge in [0.05, 0.1) is 11.2 Å². The maximum Gasteiger partial charge on any atom is 0.272 e. The molecule has 0 bridgehead atoms. The molecular formula is C21H18ClN3O. The first-order chi connectivity index (χ1) is 12.6. The molecule has 0 aliphatic carbocycles. The Hall–Kier alpha value is -2.85. The van der Waals surface area contributed by atoms with Gasteiger partial charge in [-0.25, -0.2) is 0 Å². The van der Waals surface area contributed by atoms with Gasteiger partial charge in [0.15, 0.2) is 0 Å². The van der Waals surface area contributed by atoms with Crippen molar-refractivity contribution in [1.82, 2.24) is 9.55 Å². The molecule has 4 aromatic rings. The molecule has 4 nitrogen and oxygen atoms in total. The molecule has 0 aliphatic rings. The number of rotatable bonds is 3. The summed E-state index contributed by atoms with van der Waals surface area (Å²) in [7, 11) is 0. The first-order valence-corrected chi connectivity index (χ1v) is 8.91. The highest BCUT2D eigenvalue weighted by Crippen LogP contribution is 2.29. The number of nitrogens with one attached hydrogen (secondary N) is 1. The fourth-order valence-electron chi connectivity index (χ4n) is 3.50. The van der Waals surface area contributed by atoms with Crippen molar-refractivity contribution < 1.29 is 4.79 Å². The molecule has 2 aromatic heterocycles. The van der Waals surface area contributed by atoms with E-state index in [2.05, 4.69) is 10.3 Å². The predicted octanol–water partition coefficient (Wildman–Crippen LogP) is 5.42. The number of benzene rings is 2. The summed E-state index contributed by atoms with van der Waals surface area (Å²) < 4.78 is 2.02. The summed E-state index contributed by atoms with van der Waals surface area (Å²) in [5, 5.41) is 5.69. The molecular weight excluding hydrogens is 346 g/mol. The molecule has 2 heterocycles. The number of carbonyl (C=O) groups excluding carboxylic acids is 1. The third-order valence-corrected chi connectivity index (χ3v) is 4.93. The van der Waals surface area contributed by atoms with Gasteiger partial charge in [0, 0.05) is 34.1 Å². The molecule has 0 radical (unpaired) electrons. The lowest BCUT2D eigenvalue weighted by Crippen LogP contribution is -2.18. The topological polar surface area (TPSA) is 46.9 Å². The molecule has 4 rings (SSSR count). The zero-order chi connectivity index (χ0) is 18.3. The Morgan fingerprint density at radius 3 is 2.81 bits per heavy atom. The number of para-hydroxylation sites is 1. The zero-order valence-corrected chi connectivity index (χ0v) is 15.3. The maximum atomic E-state index is 13.1. The molecule has 0 aliphatic heterocycles. The van der Waals surface area contributed by atoms with Crippen LogP contribution in [-0.2, 0) is 6.54 Å². The minimum atomic E-state index is -0.144. The number of pyridine rings is 1. The van der Waals surface area contributed by atoms with Crippen molar-refractivity contribution in [3.63, 3.8) is 0 Å². The van der Waals surface area contributed by atoms with Crippen LogP contribution in [-0.4, -0.2) is 15.5 Å². The Bertz CT molecular complexity index is 1140. The average Bonchev–Trinajstić information content (AvgIpc) is 2.93. The quantitative estimate of drug-likeness (QED) is 0.528. The number of hydrogen-bond acceptors (Lipinski definition) is 2. The highest BCUT2D eigenvalue weighted by Gasteiger charge is 2.20. The van der Waals surface area contributed by atoms with Gasteiger partial charge in [-0.1, -0.05) is 29.8 Å². The van der Waals surface area contributed by atoms with Crippen molar-refractivity contribution in [1.29, 1.82) is 0 Å². The SMILES string of the molecule is CCn1c(C(=O)Nc2cccc3cccnc23)c(C)c2cc(Cl)ccc21. The van der Waals surface area contributed by atoms with Crippen LogP contribution in [0.4, 0.5) is 5.69 Å². The van der Waals surface area contributed by atoms with Gasteiger partial charge < -0.3 is 9.88 Å². The van der Waals surface area contributed by atoms with E-state index in [1.165, 1.54) is 0 Å². The standard InChI is InChI=1S/C21H18ClN3O/c1-3-25-18-10-9-15(22)12-16(18)13(2)20(25)21(26)24-17-8-4-6-14-7-5-11-23-19(14)17/h4-12H,3H2,1-2H3,(H,24,26). The molecule has 0 unspecified atom stereocenters. The molecule has 1 N–H and O–H groups in total. The van der Waals surface area contributed by atoms with Crippen LogP contribution >= 0.6 is 11.6 Å². The number of anilines is 1. The van der Waals surface area contributed by atoms with Crippen LogP contribution in [0.3, 0.4) is 0 Å². The molecule has 0 saturated heterocycles. The van der Waals surface area contributed by atoms with E-state index in [-0.39, 0.29) is 5.91 Å². The fraction of sp³-hybridized carbons (Fsp3) is 0.143. The Labute approximate surface area is 156 Å². The van der Waals surface area contributed by atoms with Gasteiger partial charge in [-0.2, -0.15) is 0 Å². The van der Waals surface area contributed by atoms with Gasteiger partial charge in [0.1, 0.15) is 5.69 Å². The largest absolute Gasteiger partial charge is 0.337 e. The number of hydrogen-bond donors (Lipinski definition) is 1. The van der Waals surface area contributed by atoms with Crippen LogP contribution in [0.1, 0.15) is 23.0 Å². The van der Waals surface area contributed by atoms with E-state index < -0.39 is 0 Å². The summed E-state index contributed by atoms with van der Waals surface area (Å²) in [6.45, 7) is 4.69. The maximum absolute atomic E-state index is 13.1. The number of nitrogens with zero attached hydrogens (tertiary/aromatic N) is 2. The Balaban J connectivity index is 1.82. The van der Waals surface area contributed by atoms with Crippen molar-refractivity contribution in [2.24, 2.45) is 0 Å². The van der Waals surface area contributed by atoms with Crippen molar-refractivity contribution in [2.75, 3.05) is 5.32 Å². The highest BCUT2D eigenvalue weighted by molar-refractivity contribution is 6.31. The van der Waals surface area contributed by atoms with E-state index in [4.69, 9.17) is 11.6 Å².